The SMILES string of the molecule is Cc1cc(NC(=O)C(C)NC(C)c2cccs2)ccc1Br. The Morgan fingerprint density at radius 3 is 2.67 bits per heavy atom. The summed E-state index contributed by atoms with van der Waals surface area (Å²) in [4.78, 5) is 13.5. The molecule has 21 heavy (non-hydrogen) atoms. The van der Waals surface area contributed by atoms with Gasteiger partial charge in [0.1, 0.15) is 0 Å². The lowest BCUT2D eigenvalue weighted by Crippen LogP contribution is -2.39. The molecule has 0 aliphatic heterocycles. The minimum Gasteiger partial charge on any atom is -0.325 e. The van der Waals surface area contributed by atoms with E-state index in [0.717, 1.165) is 15.7 Å². The van der Waals surface area contributed by atoms with Gasteiger partial charge in [0.05, 0.1) is 6.04 Å². The first-order valence-electron chi connectivity index (χ1n) is 6.84. The molecular weight excluding hydrogens is 348 g/mol. The van der Waals surface area contributed by atoms with Gasteiger partial charge in [-0.15, -0.1) is 11.3 Å². The highest BCUT2D eigenvalue weighted by atomic mass is 79.9. The largest absolute Gasteiger partial charge is 0.325 e. The zero-order valence-corrected chi connectivity index (χ0v) is 14.7. The zero-order chi connectivity index (χ0) is 15.4. The number of halogens is 1. The summed E-state index contributed by atoms with van der Waals surface area (Å²) in [7, 11) is 0. The molecule has 0 spiro atoms. The monoisotopic (exact) mass is 366 g/mol. The van der Waals surface area contributed by atoms with Gasteiger partial charge in [0.15, 0.2) is 0 Å². The van der Waals surface area contributed by atoms with Crippen LogP contribution in [0.4, 0.5) is 5.69 Å². The molecule has 1 aromatic heterocycles. The summed E-state index contributed by atoms with van der Waals surface area (Å²) in [5, 5.41) is 8.30. The molecule has 0 aliphatic rings. The van der Waals surface area contributed by atoms with Gasteiger partial charge in [-0.25, -0.2) is 0 Å². The molecule has 3 nitrogen and oxygen atoms in total. The predicted molar refractivity (Wildman–Crippen MR) is 92.8 cm³/mol. The molecule has 0 radical (unpaired) electrons. The van der Waals surface area contributed by atoms with E-state index in [1.54, 1.807) is 11.3 Å². The third-order valence-electron chi connectivity index (χ3n) is 3.29. The molecule has 1 amide bonds. The molecule has 1 heterocycles. The van der Waals surface area contributed by atoms with E-state index in [1.807, 2.05) is 43.5 Å². The number of nitrogens with one attached hydrogen (secondary N) is 2. The summed E-state index contributed by atoms with van der Waals surface area (Å²) >= 11 is 5.15. The molecule has 0 saturated heterocycles. The molecule has 1 aromatic carbocycles. The maximum absolute atomic E-state index is 12.2. The van der Waals surface area contributed by atoms with Gasteiger partial charge in [0, 0.05) is 21.1 Å². The molecule has 112 valence electrons. The van der Waals surface area contributed by atoms with Gasteiger partial charge in [0.2, 0.25) is 5.91 Å². The normalized spacial score (nSPS) is 13.7. The van der Waals surface area contributed by atoms with Crippen molar-refractivity contribution in [2.24, 2.45) is 0 Å². The van der Waals surface area contributed by atoms with Crippen LogP contribution in [0.3, 0.4) is 0 Å². The van der Waals surface area contributed by atoms with Crippen LogP contribution in [0, 0.1) is 6.92 Å². The van der Waals surface area contributed by atoms with Crippen LogP contribution in [-0.4, -0.2) is 11.9 Å². The van der Waals surface area contributed by atoms with Crippen molar-refractivity contribution in [2.75, 3.05) is 5.32 Å². The van der Waals surface area contributed by atoms with Gasteiger partial charge in [-0.2, -0.15) is 0 Å². The summed E-state index contributed by atoms with van der Waals surface area (Å²) in [6.45, 7) is 5.95. The number of aryl methyl sites for hydroxylation is 1. The first-order chi connectivity index (χ1) is 9.97. The Hall–Kier alpha value is -1.17. The first kappa shape index (κ1) is 16.2. The number of carbonyl (C=O) groups excluding carboxylic acids is 1. The lowest BCUT2D eigenvalue weighted by molar-refractivity contribution is -0.117. The Morgan fingerprint density at radius 2 is 2.05 bits per heavy atom. The Morgan fingerprint density at radius 1 is 1.29 bits per heavy atom. The maximum atomic E-state index is 12.2. The van der Waals surface area contributed by atoms with E-state index < -0.39 is 0 Å². The second-order valence-electron chi connectivity index (χ2n) is 5.08. The van der Waals surface area contributed by atoms with Crippen LogP contribution in [0.5, 0.6) is 0 Å². The fourth-order valence-corrected chi connectivity index (χ4v) is 3.03. The standard InChI is InChI=1S/C16H19BrN2OS/c1-10-9-13(6-7-14(10)17)19-16(20)12(3)18-11(2)15-5-4-8-21-15/h4-9,11-12,18H,1-3H3,(H,19,20). The van der Waals surface area contributed by atoms with Gasteiger partial charge in [-0.05, 0) is 56.0 Å². The number of hydrogen-bond acceptors (Lipinski definition) is 3. The van der Waals surface area contributed by atoms with E-state index in [0.29, 0.717) is 0 Å². The Kier molecular flexibility index (Phi) is 5.56. The molecule has 2 atom stereocenters. The molecular formula is C16H19BrN2OS. The highest BCUT2D eigenvalue weighted by Crippen LogP contribution is 2.21. The second kappa shape index (κ2) is 7.20. The van der Waals surface area contributed by atoms with Crippen molar-refractivity contribution in [3.63, 3.8) is 0 Å². The van der Waals surface area contributed by atoms with Crippen LogP contribution in [0.2, 0.25) is 0 Å². The molecule has 2 unspecified atom stereocenters. The fourth-order valence-electron chi connectivity index (χ4n) is 2.04. The summed E-state index contributed by atoms with van der Waals surface area (Å²) < 4.78 is 1.04. The molecule has 0 saturated carbocycles. The molecule has 0 fully saturated rings. The fraction of sp³-hybridized carbons (Fsp3) is 0.312. The number of amides is 1. The molecule has 2 aromatic rings. The number of thiophene rings is 1. The van der Waals surface area contributed by atoms with E-state index in [9.17, 15) is 4.79 Å². The van der Waals surface area contributed by atoms with Crippen LogP contribution >= 0.6 is 27.3 Å². The zero-order valence-electron chi connectivity index (χ0n) is 12.3. The van der Waals surface area contributed by atoms with Crippen LogP contribution < -0.4 is 10.6 Å². The highest BCUT2D eigenvalue weighted by molar-refractivity contribution is 9.10. The van der Waals surface area contributed by atoms with E-state index >= 15 is 0 Å². The van der Waals surface area contributed by atoms with Crippen LogP contribution in [0.25, 0.3) is 0 Å². The minimum absolute atomic E-state index is 0.0277. The minimum atomic E-state index is -0.258. The molecule has 5 heteroatoms. The quantitative estimate of drug-likeness (QED) is 0.817. The predicted octanol–water partition coefficient (Wildman–Crippen LogP) is 4.50. The van der Waals surface area contributed by atoms with E-state index in [2.05, 4.69) is 39.6 Å². The molecule has 0 aliphatic carbocycles. The first-order valence-corrected chi connectivity index (χ1v) is 8.51. The van der Waals surface area contributed by atoms with E-state index in [1.165, 1.54) is 4.88 Å². The average molecular weight is 367 g/mol. The summed E-state index contributed by atoms with van der Waals surface area (Å²) in [5.41, 5.74) is 1.92. The molecule has 2 rings (SSSR count). The Labute approximate surface area is 137 Å². The maximum Gasteiger partial charge on any atom is 0.241 e. The topological polar surface area (TPSA) is 41.1 Å². The van der Waals surface area contributed by atoms with E-state index in [4.69, 9.17) is 0 Å². The number of benzene rings is 1. The number of hydrogen-bond donors (Lipinski definition) is 2. The van der Waals surface area contributed by atoms with Gasteiger partial charge in [-0.3, -0.25) is 10.1 Å². The van der Waals surface area contributed by atoms with Crippen molar-refractivity contribution < 1.29 is 4.79 Å². The van der Waals surface area contributed by atoms with Crippen molar-refractivity contribution in [3.05, 3.63) is 50.6 Å². The summed E-state index contributed by atoms with van der Waals surface area (Å²) in [6, 6.07) is 9.79. The second-order valence-corrected chi connectivity index (χ2v) is 6.91. The van der Waals surface area contributed by atoms with Crippen LogP contribution in [-0.2, 0) is 4.79 Å². The van der Waals surface area contributed by atoms with Crippen LogP contribution in [0.15, 0.2) is 40.2 Å². The summed E-state index contributed by atoms with van der Waals surface area (Å²) in [5.74, 6) is -0.0277. The molecule has 2 N–H and O–H groups in total. The van der Waals surface area contributed by atoms with Crippen LogP contribution in [0.1, 0.15) is 30.3 Å². The third kappa shape index (κ3) is 4.40. The van der Waals surface area contributed by atoms with Gasteiger partial charge in [-0.1, -0.05) is 22.0 Å². The van der Waals surface area contributed by atoms with Crippen molar-refractivity contribution in [1.82, 2.24) is 5.32 Å². The smallest absolute Gasteiger partial charge is 0.241 e. The van der Waals surface area contributed by atoms with Crippen molar-refractivity contribution in [3.8, 4) is 0 Å². The number of carbonyl (C=O) groups is 1. The van der Waals surface area contributed by atoms with E-state index in [-0.39, 0.29) is 18.0 Å². The average Bonchev–Trinajstić information content (AvgIpc) is 2.97. The third-order valence-corrected chi connectivity index (χ3v) is 5.23. The van der Waals surface area contributed by atoms with Gasteiger partial charge >= 0.3 is 0 Å². The molecule has 0 bridgehead atoms. The number of rotatable bonds is 5. The van der Waals surface area contributed by atoms with Crippen molar-refractivity contribution in [2.45, 2.75) is 32.9 Å². The Bertz CT molecular complexity index is 613. The lowest BCUT2D eigenvalue weighted by Gasteiger charge is -2.19. The lowest BCUT2D eigenvalue weighted by atomic mass is 10.2. The highest BCUT2D eigenvalue weighted by Gasteiger charge is 2.17. The Balaban J connectivity index is 1.94. The van der Waals surface area contributed by atoms with Crippen molar-refractivity contribution >= 4 is 38.9 Å². The van der Waals surface area contributed by atoms with Crippen molar-refractivity contribution in [1.29, 1.82) is 0 Å². The van der Waals surface area contributed by atoms with Gasteiger partial charge in [0.25, 0.3) is 0 Å². The number of anilines is 1. The summed E-state index contributed by atoms with van der Waals surface area (Å²) in [6.07, 6.45) is 0. The van der Waals surface area contributed by atoms with Gasteiger partial charge < -0.3 is 5.32 Å².